The van der Waals surface area contributed by atoms with Gasteiger partial charge in [0.05, 0.1) is 0 Å². The highest BCUT2D eigenvalue weighted by Gasteiger charge is 2.87. The second kappa shape index (κ2) is 6.66. The number of hydrogen-bond acceptors (Lipinski definition) is 3. The number of carboxylic acids is 1. The summed E-state index contributed by atoms with van der Waals surface area (Å²) in [5.74, 6) is -19.6. The highest BCUT2D eigenvalue weighted by molar-refractivity contribution is 5.76. The van der Waals surface area contributed by atoms with Crippen LogP contribution in [0.4, 0.5) is 70.2 Å². The van der Waals surface area contributed by atoms with E-state index in [4.69, 9.17) is 5.11 Å². The standard InChI is InChI=1S/C8HF16NO3/c9-2(1(26)27,4(11,12)13)28-6(17,18)3(10,5(14,15)16)25(7(19,20)21)8(22,23)24/h(H,26,27). The van der Waals surface area contributed by atoms with Gasteiger partial charge in [0.25, 0.3) is 0 Å². The fourth-order valence-corrected chi connectivity index (χ4v) is 1.38. The van der Waals surface area contributed by atoms with E-state index in [9.17, 15) is 75.0 Å². The Morgan fingerprint density at radius 1 is 0.643 bits per heavy atom. The smallest absolute Gasteiger partial charge is 0.470 e. The van der Waals surface area contributed by atoms with Gasteiger partial charge in [-0.25, -0.2) is 9.18 Å². The van der Waals surface area contributed by atoms with Crippen LogP contribution in [0, 0.1) is 0 Å². The summed E-state index contributed by atoms with van der Waals surface area (Å²) in [5, 5.41) is 7.84. The van der Waals surface area contributed by atoms with Crippen LogP contribution in [0.3, 0.4) is 0 Å². The highest BCUT2D eigenvalue weighted by atomic mass is 19.4. The summed E-state index contributed by atoms with van der Waals surface area (Å²) in [4.78, 5) is 5.51. The van der Waals surface area contributed by atoms with Crippen LogP contribution in [0.2, 0.25) is 0 Å². The summed E-state index contributed by atoms with van der Waals surface area (Å²) < 4.78 is 202. The molecule has 0 fully saturated rings. The molecule has 0 rings (SSSR count). The molecule has 2 atom stereocenters. The summed E-state index contributed by atoms with van der Waals surface area (Å²) in [7, 11) is 0. The van der Waals surface area contributed by atoms with Gasteiger partial charge in [0.2, 0.25) is 0 Å². The van der Waals surface area contributed by atoms with E-state index in [0.717, 1.165) is 0 Å². The number of alkyl halides is 16. The quantitative estimate of drug-likeness (QED) is 0.483. The molecule has 4 nitrogen and oxygen atoms in total. The molecule has 168 valence electrons. The molecular weight excluding hydrogens is 462 g/mol. The van der Waals surface area contributed by atoms with Crippen LogP contribution >= 0.6 is 0 Å². The van der Waals surface area contributed by atoms with Crippen molar-refractivity contribution in [2.75, 3.05) is 0 Å². The van der Waals surface area contributed by atoms with Crippen molar-refractivity contribution in [3.63, 3.8) is 0 Å². The molecule has 0 aromatic heterocycles. The molecule has 0 aromatic rings. The van der Waals surface area contributed by atoms with Crippen molar-refractivity contribution in [2.45, 2.75) is 42.7 Å². The molecule has 0 bridgehead atoms. The number of carboxylic acid groups (broad SMARTS) is 1. The van der Waals surface area contributed by atoms with Crippen molar-refractivity contribution in [3.05, 3.63) is 0 Å². The first-order valence-corrected chi connectivity index (χ1v) is 5.53. The topological polar surface area (TPSA) is 49.8 Å². The Kier molecular flexibility index (Phi) is 6.25. The Morgan fingerprint density at radius 2 is 0.964 bits per heavy atom. The van der Waals surface area contributed by atoms with Crippen LogP contribution in [-0.4, -0.2) is 58.7 Å². The zero-order valence-corrected chi connectivity index (χ0v) is 11.8. The minimum atomic E-state index is -8.30. The normalized spacial score (nSPS) is 19.3. The molecule has 0 saturated heterocycles. The van der Waals surface area contributed by atoms with Gasteiger partial charge in [0.1, 0.15) is 0 Å². The second-order valence-corrected chi connectivity index (χ2v) is 4.41. The molecule has 0 aliphatic rings. The first kappa shape index (κ1) is 26.3. The third-order valence-electron chi connectivity index (χ3n) is 2.49. The fourth-order valence-electron chi connectivity index (χ4n) is 1.38. The van der Waals surface area contributed by atoms with Gasteiger partial charge in [0.15, 0.2) is 0 Å². The summed E-state index contributed by atoms with van der Waals surface area (Å²) in [6, 6.07) is 0. The molecule has 0 radical (unpaired) electrons. The molecule has 1 N–H and O–H groups in total. The summed E-state index contributed by atoms with van der Waals surface area (Å²) >= 11 is 0. The van der Waals surface area contributed by atoms with Crippen LogP contribution in [0.15, 0.2) is 0 Å². The molecule has 20 heteroatoms. The second-order valence-electron chi connectivity index (χ2n) is 4.41. The van der Waals surface area contributed by atoms with Gasteiger partial charge in [-0.15, -0.1) is 0 Å². The maximum Gasteiger partial charge on any atom is 0.470 e. The van der Waals surface area contributed by atoms with Crippen LogP contribution in [-0.2, 0) is 9.53 Å². The van der Waals surface area contributed by atoms with E-state index in [2.05, 4.69) is 0 Å². The molecule has 0 aliphatic carbocycles. The first-order chi connectivity index (χ1) is 11.8. The van der Waals surface area contributed by atoms with E-state index in [1.807, 2.05) is 0 Å². The minimum absolute atomic E-state index is 1.45. The number of hydrogen-bond donors (Lipinski definition) is 1. The van der Waals surface area contributed by atoms with Gasteiger partial charge < -0.3 is 5.11 Å². The number of halogens is 16. The van der Waals surface area contributed by atoms with E-state index in [0.29, 0.717) is 0 Å². The maximum atomic E-state index is 13.7. The van der Waals surface area contributed by atoms with Crippen molar-refractivity contribution in [1.82, 2.24) is 4.90 Å². The zero-order valence-electron chi connectivity index (χ0n) is 11.8. The van der Waals surface area contributed by atoms with Crippen LogP contribution in [0.1, 0.15) is 0 Å². The zero-order chi connectivity index (χ0) is 23.4. The van der Waals surface area contributed by atoms with E-state index in [1.54, 1.807) is 0 Å². The monoisotopic (exact) mass is 463 g/mol. The SMILES string of the molecule is O=C(O)C(F)(OC(F)(F)C(F)(N(C(F)(F)F)C(F)(F)F)C(F)(F)F)C(F)(F)F. The molecule has 0 amide bonds. The van der Waals surface area contributed by atoms with Gasteiger partial charge in [-0.05, 0) is 0 Å². The van der Waals surface area contributed by atoms with Crippen molar-refractivity contribution >= 4 is 5.97 Å². The third kappa shape index (κ3) is 4.30. The lowest BCUT2D eigenvalue weighted by Crippen LogP contribution is -2.75. The predicted molar refractivity (Wildman–Crippen MR) is 47.4 cm³/mol. The Morgan fingerprint density at radius 3 is 1.14 bits per heavy atom. The molecule has 0 spiro atoms. The van der Waals surface area contributed by atoms with Crippen molar-refractivity contribution in [2.24, 2.45) is 0 Å². The van der Waals surface area contributed by atoms with Crippen molar-refractivity contribution in [3.8, 4) is 0 Å². The van der Waals surface area contributed by atoms with Gasteiger partial charge >= 0.3 is 48.7 Å². The predicted octanol–water partition coefficient (Wildman–Crippen LogP) is 4.48. The van der Waals surface area contributed by atoms with Crippen molar-refractivity contribution in [1.29, 1.82) is 0 Å². The molecular formula is C8HF16NO3. The highest BCUT2D eigenvalue weighted by Crippen LogP contribution is 2.57. The maximum absolute atomic E-state index is 13.7. The van der Waals surface area contributed by atoms with Crippen LogP contribution in [0.25, 0.3) is 0 Å². The minimum Gasteiger partial charge on any atom is -0.477 e. The van der Waals surface area contributed by atoms with E-state index < -0.39 is 53.6 Å². The molecule has 0 heterocycles. The average molecular weight is 463 g/mol. The Bertz CT molecular complexity index is 575. The summed E-state index contributed by atoms with van der Waals surface area (Å²) in [6.45, 7) is 0. The Hall–Kier alpha value is -1.73. The lowest BCUT2D eigenvalue weighted by molar-refractivity contribution is -0.531. The number of aliphatic carboxylic acids is 1. The number of ether oxygens (including phenoxy) is 1. The van der Waals surface area contributed by atoms with E-state index in [1.165, 1.54) is 4.74 Å². The summed E-state index contributed by atoms with van der Waals surface area (Å²) in [6.07, 6.45) is -39.0. The molecule has 2 unspecified atom stereocenters. The van der Waals surface area contributed by atoms with E-state index in [-0.39, 0.29) is 0 Å². The Labute approximate surface area is 140 Å². The van der Waals surface area contributed by atoms with Gasteiger partial charge in [-0.3, -0.25) is 4.74 Å². The average Bonchev–Trinajstić information content (AvgIpc) is 2.30. The van der Waals surface area contributed by atoms with Gasteiger partial charge in [-0.2, -0.15) is 65.9 Å². The Balaban J connectivity index is 6.93. The molecule has 0 aliphatic heterocycles. The summed E-state index contributed by atoms with van der Waals surface area (Å²) in [5.41, 5.74) is 0. The number of carbonyl (C=O) groups is 1. The molecule has 0 aromatic carbocycles. The van der Waals surface area contributed by atoms with Crippen LogP contribution < -0.4 is 0 Å². The van der Waals surface area contributed by atoms with Crippen molar-refractivity contribution < 1.29 is 84.9 Å². The lowest BCUT2D eigenvalue weighted by Gasteiger charge is -2.43. The van der Waals surface area contributed by atoms with Gasteiger partial charge in [0, 0.05) is 0 Å². The number of nitrogens with zero attached hydrogens (tertiary/aromatic N) is 1. The third-order valence-corrected chi connectivity index (χ3v) is 2.49. The van der Waals surface area contributed by atoms with E-state index >= 15 is 0 Å². The lowest BCUT2D eigenvalue weighted by atomic mass is 10.1. The van der Waals surface area contributed by atoms with Gasteiger partial charge in [-0.1, -0.05) is 4.90 Å². The fraction of sp³-hybridized carbons (Fsp3) is 0.875. The molecule has 0 saturated carbocycles. The number of rotatable bonds is 5. The first-order valence-electron chi connectivity index (χ1n) is 5.53. The molecule has 28 heavy (non-hydrogen) atoms. The largest absolute Gasteiger partial charge is 0.477 e. The van der Waals surface area contributed by atoms with Crippen LogP contribution in [0.5, 0.6) is 0 Å².